The third-order valence-electron chi connectivity index (χ3n) is 0.873. The number of nitrogens with two attached hydrogens (primary N) is 5. The molecule has 1 aliphatic rings. The number of hydrogen-bond donors (Lipinski definition) is 5. The number of halogens is 1. The third kappa shape index (κ3) is 4.76. The summed E-state index contributed by atoms with van der Waals surface area (Å²) in [4.78, 5) is 26.0. The summed E-state index contributed by atoms with van der Waals surface area (Å²) < 4.78 is -1.90. The lowest BCUT2D eigenvalue weighted by atomic mass is 10.9. The Morgan fingerprint density at radius 2 is 0.867 bits per heavy atom. The van der Waals surface area contributed by atoms with Crippen molar-refractivity contribution in [1.82, 2.24) is 0 Å². The normalized spacial score (nSPS) is 30.0. The van der Waals surface area contributed by atoms with Gasteiger partial charge in [0.05, 0.1) is 0 Å². The van der Waals surface area contributed by atoms with Crippen LogP contribution >= 0.6 is 22.6 Å². The van der Waals surface area contributed by atoms with Gasteiger partial charge in [0.1, 0.15) is 0 Å². The van der Waals surface area contributed by atoms with E-state index in [-0.39, 0.29) is 0 Å². The molecule has 90 valence electrons. The lowest BCUT2D eigenvalue weighted by Gasteiger charge is -2.23. The van der Waals surface area contributed by atoms with Crippen LogP contribution < -0.4 is 28.7 Å². The van der Waals surface area contributed by atoms with Gasteiger partial charge >= 0.3 is 16.0 Å². The Morgan fingerprint density at radius 3 is 1.20 bits per heavy atom. The first-order chi connectivity index (χ1) is 6.62. The summed E-state index contributed by atoms with van der Waals surface area (Å²) in [6, 6.07) is -4.59. The predicted molar refractivity (Wildman–Crippen MR) is 49.7 cm³/mol. The average molecular weight is 339 g/mol. The van der Waals surface area contributed by atoms with Crippen LogP contribution in [-0.2, 0) is 29.3 Å². The molecule has 0 aliphatic carbocycles. The van der Waals surface area contributed by atoms with E-state index in [9.17, 15) is 0 Å². The molecule has 0 saturated carbocycles. The van der Waals surface area contributed by atoms with Crippen molar-refractivity contribution in [2.75, 3.05) is 0 Å². The monoisotopic (exact) mass is 339 g/mol. The molecule has 0 unspecified atom stereocenters. The second-order valence-electron chi connectivity index (χ2n) is 2.53. The minimum atomic E-state index is -2.29. The van der Waals surface area contributed by atoms with Crippen LogP contribution in [-0.4, -0.2) is 16.0 Å². The summed E-state index contributed by atoms with van der Waals surface area (Å²) >= 11 is 1.43. The summed E-state index contributed by atoms with van der Waals surface area (Å²) in [5, 5.41) is 0. The van der Waals surface area contributed by atoms with Crippen LogP contribution in [0.25, 0.3) is 0 Å². The van der Waals surface area contributed by atoms with Crippen molar-refractivity contribution in [3.8, 4) is 0 Å². The van der Waals surface area contributed by atoms with E-state index in [1.165, 1.54) is 22.6 Å². The fourth-order valence-electron chi connectivity index (χ4n) is 0.416. The van der Waals surface area contributed by atoms with E-state index in [0.717, 1.165) is 0 Å². The molecule has 12 heteroatoms. The number of rotatable bonds is 0. The van der Waals surface area contributed by atoms with E-state index in [1.807, 2.05) is 0 Å². The molecular weight excluding hydrogens is 329 g/mol. The van der Waals surface area contributed by atoms with Crippen LogP contribution in [0.1, 0.15) is 0 Å². The smallest absolute Gasteiger partial charge is 0.267 e. The second-order valence-corrected chi connectivity index (χ2v) is 4.03. The summed E-state index contributed by atoms with van der Waals surface area (Å²) in [6.45, 7) is 0. The molecular formula is C3H10IN5O6. The molecule has 0 aromatic carbocycles. The SMILES string of the molecule is NC1(N)OOC(N)(N)OOC(N)(I)OO1. The zero-order valence-corrected chi connectivity index (χ0v) is 9.37. The van der Waals surface area contributed by atoms with Gasteiger partial charge in [0.15, 0.2) is 0 Å². The molecule has 0 radical (unpaired) electrons. The average Bonchev–Trinajstić information content (AvgIpc) is 2.12. The Balaban J connectivity index is 2.74. The summed E-state index contributed by atoms with van der Waals surface area (Å²) in [7, 11) is 0. The van der Waals surface area contributed by atoms with Crippen molar-refractivity contribution in [1.29, 1.82) is 0 Å². The van der Waals surface area contributed by atoms with E-state index < -0.39 is 16.0 Å². The van der Waals surface area contributed by atoms with Gasteiger partial charge in [0.2, 0.25) is 0 Å². The van der Waals surface area contributed by atoms with Gasteiger partial charge in [-0.25, -0.2) is 0 Å². The maximum Gasteiger partial charge on any atom is 0.343 e. The topological polar surface area (TPSA) is 185 Å². The first-order valence-corrected chi connectivity index (χ1v) is 4.44. The maximum absolute atomic E-state index is 5.32. The van der Waals surface area contributed by atoms with E-state index >= 15 is 0 Å². The highest BCUT2D eigenvalue weighted by molar-refractivity contribution is 14.1. The molecule has 0 amide bonds. The van der Waals surface area contributed by atoms with E-state index in [1.54, 1.807) is 0 Å². The molecule has 1 fully saturated rings. The van der Waals surface area contributed by atoms with Gasteiger partial charge in [-0.2, -0.15) is 29.3 Å². The zero-order chi connectivity index (χ0) is 11.7. The zero-order valence-electron chi connectivity index (χ0n) is 7.21. The quantitative estimate of drug-likeness (QED) is 0.0989. The summed E-state index contributed by atoms with van der Waals surface area (Å²) in [6.07, 6.45) is 0. The minimum Gasteiger partial charge on any atom is -0.267 e. The molecule has 1 aliphatic heterocycles. The molecule has 0 aromatic rings. The Hall–Kier alpha value is 0.290. The fraction of sp³-hybridized carbons (Fsp3) is 1.00. The molecule has 11 nitrogen and oxygen atoms in total. The van der Waals surface area contributed by atoms with Crippen LogP contribution in [0.2, 0.25) is 0 Å². The van der Waals surface area contributed by atoms with E-state index in [4.69, 9.17) is 28.7 Å². The standard InChI is InChI=1S/C3H10IN5O6/c4-1(5)10-12-2(6,7)14-15-3(8,9)13-11-1/h5-9H2. The fourth-order valence-corrected chi connectivity index (χ4v) is 0.596. The van der Waals surface area contributed by atoms with Crippen LogP contribution in [0.5, 0.6) is 0 Å². The van der Waals surface area contributed by atoms with Crippen LogP contribution in [0.3, 0.4) is 0 Å². The second kappa shape index (κ2) is 4.28. The molecule has 15 heavy (non-hydrogen) atoms. The molecule has 0 aromatic heterocycles. The Bertz CT molecular complexity index is 179. The summed E-state index contributed by atoms with van der Waals surface area (Å²) in [5.74, 6) is 0. The van der Waals surface area contributed by atoms with Gasteiger partial charge in [-0.05, 0) is 0 Å². The van der Waals surface area contributed by atoms with Gasteiger partial charge in [-0.15, -0.1) is 0 Å². The largest absolute Gasteiger partial charge is 0.343 e. The van der Waals surface area contributed by atoms with Crippen molar-refractivity contribution in [2.45, 2.75) is 16.0 Å². The highest BCUT2D eigenvalue weighted by atomic mass is 127. The van der Waals surface area contributed by atoms with Crippen molar-refractivity contribution >= 4 is 22.6 Å². The van der Waals surface area contributed by atoms with Gasteiger partial charge in [-0.1, -0.05) is 0 Å². The molecule has 0 spiro atoms. The number of alkyl halides is 1. The van der Waals surface area contributed by atoms with E-state index in [0.29, 0.717) is 0 Å². The molecule has 1 heterocycles. The molecule has 10 N–H and O–H groups in total. The maximum atomic E-state index is 5.32. The van der Waals surface area contributed by atoms with Gasteiger partial charge in [0, 0.05) is 22.6 Å². The Labute approximate surface area is 96.9 Å². The Kier molecular flexibility index (Phi) is 3.81. The van der Waals surface area contributed by atoms with E-state index in [2.05, 4.69) is 29.3 Å². The predicted octanol–water partition coefficient (Wildman–Crippen LogP) is -3.09. The van der Waals surface area contributed by atoms with Crippen molar-refractivity contribution in [3.05, 3.63) is 0 Å². The lowest BCUT2D eigenvalue weighted by molar-refractivity contribution is -0.545. The van der Waals surface area contributed by atoms with Crippen molar-refractivity contribution in [2.24, 2.45) is 28.7 Å². The molecule has 0 bridgehead atoms. The van der Waals surface area contributed by atoms with Gasteiger partial charge in [-0.3, -0.25) is 28.7 Å². The molecule has 1 rings (SSSR count). The minimum absolute atomic E-state index is 1.43. The highest BCUT2D eigenvalue weighted by Crippen LogP contribution is 2.21. The van der Waals surface area contributed by atoms with Crippen molar-refractivity contribution in [3.63, 3.8) is 0 Å². The first-order valence-electron chi connectivity index (χ1n) is 3.36. The first kappa shape index (κ1) is 13.4. The van der Waals surface area contributed by atoms with Gasteiger partial charge in [0.25, 0.3) is 0 Å². The van der Waals surface area contributed by atoms with Crippen LogP contribution in [0, 0.1) is 0 Å². The molecule has 0 atom stereocenters. The van der Waals surface area contributed by atoms with Gasteiger partial charge < -0.3 is 0 Å². The van der Waals surface area contributed by atoms with Crippen LogP contribution in [0.4, 0.5) is 0 Å². The lowest BCUT2D eigenvalue weighted by Crippen LogP contribution is -2.60. The number of hydrogen-bond acceptors (Lipinski definition) is 11. The Morgan fingerprint density at radius 1 is 0.600 bits per heavy atom. The summed E-state index contributed by atoms with van der Waals surface area (Å²) in [5.41, 5.74) is 26.0. The molecule has 1 saturated heterocycles. The van der Waals surface area contributed by atoms with Crippen molar-refractivity contribution < 1.29 is 29.3 Å². The highest BCUT2D eigenvalue weighted by Gasteiger charge is 2.40. The van der Waals surface area contributed by atoms with Crippen LogP contribution in [0.15, 0.2) is 0 Å². The third-order valence-corrected chi connectivity index (χ3v) is 1.23.